The van der Waals surface area contributed by atoms with Gasteiger partial charge in [0.25, 0.3) is 0 Å². The molecule has 0 fully saturated rings. The summed E-state index contributed by atoms with van der Waals surface area (Å²) in [6, 6.07) is 0. The Morgan fingerprint density at radius 3 is 2.50 bits per heavy atom. The van der Waals surface area contributed by atoms with Crippen molar-refractivity contribution < 1.29 is 10.9 Å². The van der Waals surface area contributed by atoms with Crippen LogP contribution in [0.3, 0.4) is 0 Å². The quantitative estimate of drug-likeness (QED) is 0.383. The summed E-state index contributed by atoms with van der Waals surface area (Å²) in [5, 5.41) is 0. The van der Waals surface area contributed by atoms with E-state index in [0.717, 1.165) is 6.08 Å². The van der Waals surface area contributed by atoms with Crippen molar-refractivity contribution in [1.82, 2.24) is 0 Å². The number of carbonyl (C=O) groups is 1. The van der Waals surface area contributed by atoms with Crippen molar-refractivity contribution in [3.05, 3.63) is 12.7 Å². The van der Waals surface area contributed by atoms with Crippen LogP contribution in [0.1, 0.15) is 15.2 Å². The average molecular weight is 117 g/mol. The highest BCUT2D eigenvalue weighted by Crippen LogP contribution is 1.67. The molecule has 0 unspecified atom stereocenters. The van der Waals surface area contributed by atoms with E-state index in [9.17, 15) is 4.79 Å². The lowest BCUT2D eigenvalue weighted by Crippen LogP contribution is -1.91. The van der Waals surface area contributed by atoms with Gasteiger partial charge in [-0.15, -0.1) is 0 Å². The Hall–Kier alpha value is -0.790. The lowest BCUT2D eigenvalue weighted by atomic mass is 10.7. The summed E-state index contributed by atoms with van der Waals surface area (Å²) in [5.41, 5.74) is 0. The fourth-order valence-electron chi connectivity index (χ4n) is 0.0589. The molecule has 0 spiro atoms. The molecule has 0 aliphatic heterocycles. The standard InChI is InChI=1S/C4H6O2.C2H6/c1-3-4(5)6-2;1-2/h3H,1H2,2H3;1-2H3/i2D;. The second kappa shape index (κ2) is 9.51. The van der Waals surface area contributed by atoms with Gasteiger partial charge in [-0.1, -0.05) is 20.4 Å². The van der Waals surface area contributed by atoms with Crippen molar-refractivity contribution in [3.63, 3.8) is 0 Å². The number of hydrogen-bond donors (Lipinski definition) is 0. The van der Waals surface area contributed by atoms with Crippen LogP contribution in [0.2, 0.25) is 0 Å². The van der Waals surface area contributed by atoms with Crippen LogP contribution in [0, 0.1) is 0 Å². The minimum atomic E-state index is -0.546. The van der Waals surface area contributed by atoms with E-state index >= 15 is 0 Å². The highest BCUT2D eigenvalue weighted by Gasteiger charge is 1.81. The van der Waals surface area contributed by atoms with Crippen LogP contribution in [0.5, 0.6) is 0 Å². The van der Waals surface area contributed by atoms with Gasteiger partial charge in [0.15, 0.2) is 0 Å². The highest BCUT2D eigenvalue weighted by molar-refractivity contribution is 5.80. The summed E-state index contributed by atoms with van der Waals surface area (Å²) >= 11 is 0. The van der Waals surface area contributed by atoms with Gasteiger partial charge in [-0.2, -0.15) is 0 Å². The predicted octanol–water partition coefficient (Wildman–Crippen LogP) is 1.37. The number of hydrogen-bond acceptors (Lipinski definition) is 2. The van der Waals surface area contributed by atoms with E-state index in [1.54, 1.807) is 0 Å². The van der Waals surface area contributed by atoms with Crippen molar-refractivity contribution in [3.8, 4) is 0 Å². The number of esters is 1. The second-order valence-corrected chi connectivity index (χ2v) is 0.667. The molecule has 2 nitrogen and oxygen atoms in total. The van der Waals surface area contributed by atoms with Gasteiger partial charge < -0.3 is 4.74 Å². The van der Waals surface area contributed by atoms with Crippen LogP contribution < -0.4 is 0 Å². The molecule has 0 saturated carbocycles. The molecule has 0 saturated heterocycles. The van der Waals surface area contributed by atoms with Crippen molar-refractivity contribution in [2.24, 2.45) is 0 Å². The first kappa shape index (κ1) is 7.21. The Morgan fingerprint density at radius 2 is 2.38 bits per heavy atom. The molecule has 0 aliphatic rings. The van der Waals surface area contributed by atoms with E-state index in [1.807, 2.05) is 13.8 Å². The zero-order valence-corrected chi connectivity index (χ0v) is 5.31. The molecule has 0 aliphatic carbocycles. The molecule has 48 valence electrons. The lowest BCUT2D eigenvalue weighted by Gasteiger charge is -1.83. The number of methoxy groups -OCH3 is 1. The molecule has 0 N–H and O–H groups in total. The fourth-order valence-corrected chi connectivity index (χ4v) is 0.0589. The SMILES string of the molecule is CC.[2H]COC(=O)C=C. The molecule has 0 aromatic heterocycles. The Bertz CT molecular complexity index is 81.1. The summed E-state index contributed by atoms with van der Waals surface area (Å²) in [4.78, 5) is 9.95. The van der Waals surface area contributed by atoms with E-state index in [-0.39, 0.29) is 7.09 Å². The summed E-state index contributed by atoms with van der Waals surface area (Å²) < 4.78 is 10.4. The Morgan fingerprint density at radius 1 is 1.88 bits per heavy atom. The van der Waals surface area contributed by atoms with E-state index < -0.39 is 5.97 Å². The van der Waals surface area contributed by atoms with Crippen LogP contribution in [0.15, 0.2) is 12.7 Å². The van der Waals surface area contributed by atoms with Crippen LogP contribution in [0.25, 0.3) is 0 Å². The van der Waals surface area contributed by atoms with Gasteiger partial charge >= 0.3 is 5.97 Å². The van der Waals surface area contributed by atoms with Crippen LogP contribution >= 0.6 is 0 Å². The monoisotopic (exact) mass is 117 g/mol. The number of carbonyl (C=O) groups excluding carboxylic acids is 1. The third kappa shape index (κ3) is 8.96. The summed E-state index contributed by atoms with van der Waals surface area (Å²) in [6.45, 7) is 7.12. The minimum absolute atomic E-state index is 0.329. The van der Waals surface area contributed by atoms with E-state index in [2.05, 4.69) is 11.3 Å². The minimum Gasteiger partial charge on any atom is -0.466 e. The largest absolute Gasteiger partial charge is 0.466 e. The van der Waals surface area contributed by atoms with E-state index in [1.165, 1.54) is 0 Å². The van der Waals surface area contributed by atoms with Crippen LogP contribution in [0.4, 0.5) is 0 Å². The van der Waals surface area contributed by atoms with Crippen molar-refractivity contribution in [1.29, 1.82) is 0 Å². The van der Waals surface area contributed by atoms with Gasteiger partial charge in [0.05, 0.1) is 8.46 Å². The normalized spacial score (nSPS) is 7.50. The molecule has 0 heterocycles. The van der Waals surface area contributed by atoms with Gasteiger partial charge in [0, 0.05) is 6.08 Å². The molecular formula is C6H12O2. The Labute approximate surface area is 51.6 Å². The van der Waals surface area contributed by atoms with Gasteiger partial charge in [-0.05, 0) is 0 Å². The molecular weight excluding hydrogens is 104 g/mol. The average Bonchev–Trinajstić information content (AvgIpc) is 1.93. The zero-order valence-electron chi connectivity index (χ0n) is 6.31. The Balaban J connectivity index is 0. The first-order valence-corrected chi connectivity index (χ1v) is 2.39. The molecule has 0 aromatic rings. The van der Waals surface area contributed by atoms with Gasteiger partial charge in [-0.3, -0.25) is 0 Å². The van der Waals surface area contributed by atoms with Crippen molar-refractivity contribution in [2.75, 3.05) is 7.09 Å². The summed E-state index contributed by atoms with van der Waals surface area (Å²) in [7, 11) is -0.329. The lowest BCUT2D eigenvalue weighted by molar-refractivity contribution is -0.134. The van der Waals surface area contributed by atoms with E-state index in [0.29, 0.717) is 0 Å². The maximum atomic E-state index is 9.95. The number of ether oxygens (including phenoxy) is 1. The Kier molecular flexibility index (Phi) is 8.57. The third-order valence-corrected chi connectivity index (χ3v) is 0.309. The maximum absolute atomic E-state index is 9.95. The molecule has 0 bridgehead atoms. The van der Waals surface area contributed by atoms with Crippen LogP contribution in [-0.4, -0.2) is 13.1 Å². The fraction of sp³-hybridized carbons (Fsp3) is 0.500. The molecule has 0 rings (SSSR count). The van der Waals surface area contributed by atoms with Gasteiger partial charge in [0.1, 0.15) is 0 Å². The molecule has 0 atom stereocenters. The molecule has 8 heavy (non-hydrogen) atoms. The van der Waals surface area contributed by atoms with Gasteiger partial charge in [0.2, 0.25) is 0 Å². The number of rotatable bonds is 1. The smallest absolute Gasteiger partial charge is 0.329 e. The maximum Gasteiger partial charge on any atom is 0.329 e. The molecule has 0 radical (unpaired) electrons. The zero-order chi connectivity index (χ0) is 7.70. The van der Waals surface area contributed by atoms with Crippen molar-refractivity contribution >= 4 is 5.97 Å². The first-order chi connectivity index (χ1) is 4.31. The topological polar surface area (TPSA) is 26.3 Å². The predicted molar refractivity (Wildman–Crippen MR) is 33.6 cm³/mol. The van der Waals surface area contributed by atoms with Crippen molar-refractivity contribution in [2.45, 2.75) is 13.8 Å². The molecule has 0 aromatic carbocycles. The first-order valence-electron chi connectivity index (χ1n) is 3.10. The molecule has 0 amide bonds. The third-order valence-electron chi connectivity index (χ3n) is 0.309. The summed E-state index contributed by atoms with van der Waals surface area (Å²) in [5.74, 6) is -0.546. The van der Waals surface area contributed by atoms with Gasteiger partial charge in [-0.25, -0.2) is 4.79 Å². The van der Waals surface area contributed by atoms with Crippen LogP contribution in [-0.2, 0) is 9.53 Å². The van der Waals surface area contributed by atoms with E-state index in [4.69, 9.17) is 1.37 Å². The highest BCUT2D eigenvalue weighted by atomic mass is 16.5. The summed E-state index contributed by atoms with van der Waals surface area (Å²) in [6.07, 6.45) is 1.02. The second-order valence-electron chi connectivity index (χ2n) is 0.667. The molecule has 2 heteroatoms.